The van der Waals surface area contributed by atoms with Crippen LogP contribution in [0.15, 0.2) is 64.8 Å². The van der Waals surface area contributed by atoms with Crippen molar-refractivity contribution < 1.29 is 23.6 Å². The molecule has 0 atom stereocenters. The molecule has 1 fully saturated rings. The number of ether oxygens (including phenoxy) is 1. The lowest BCUT2D eigenvalue weighted by atomic mass is 9.77. The lowest BCUT2D eigenvalue weighted by Gasteiger charge is -2.32. The first-order valence-electron chi connectivity index (χ1n) is 12.4. The molecule has 37 heavy (non-hydrogen) atoms. The number of fused-ring (bicyclic) bond motifs is 3. The molecule has 0 spiro atoms. The maximum Gasteiger partial charge on any atom is 0.492 e. The fraction of sp³-hybridized carbons (Fsp3) is 0.310. The molecule has 190 valence electrons. The van der Waals surface area contributed by atoms with Crippen LogP contribution >= 0.6 is 11.3 Å². The standard InChI is InChI=1S/C29H30BNO5S/c1-28(2)29(3,4)36-30(35-28)21(13-19-17-37-18-20(19)15-32)14-31-27(33)34-16-26-24-11-7-5-9-22(24)23-10-6-8-12-25(23)26/h5-13,15,17-18,26H,14,16H2,1-4H3,(H,31,33). The van der Waals surface area contributed by atoms with Gasteiger partial charge in [0.1, 0.15) is 6.61 Å². The molecule has 0 radical (unpaired) electrons. The van der Waals surface area contributed by atoms with Crippen LogP contribution in [0.4, 0.5) is 4.79 Å². The third-order valence-corrected chi connectivity index (χ3v) is 8.31. The fourth-order valence-corrected chi connectivity index (χ4v) is 5.51. The van der Waals surface area contributed by atoms with Gasteiger partial charge in [0.15, 0.2) is 6.29 Å². The third kappa shape index (κ3) is 4.89. The summed E-state index contributed by atoms with van der Waals surface area (Å²) in [7, 11) is -0.668. The van der Waals surface area contributed by atoms with Crippen molar-refractivity contribution in [3.63, 3.8) is 0 Å². The van der Waals surface area contributed by atoms with Crippen LogP contribution < -0.4 is 5.32 Å². The smallest absolute Gasteiger partial charge is 0.449 e. The van der Waals surface area contributed by atoms with Gasteiger partial charge >= 0.3 is 13.2 Å². The number of aldehydes is 1. The summed E-state index contributed by atoms with van der Waals surface area (Å²) in [5, 5.41) is 6.54. The Morgan fingerprint density at radius 3 is 2.14 bits per heavy atom. The second-order valence-electron chi connectivity index (χ2n) is 10.4. The van der Waals surface area contributed by atoms with Crippen LogP contribution in [0, 0.1) is 0 Å². The van der Waals surface area contributed by atoms with Crippen LogP contribution in [-0.2, 0) is 14.0 Å². The van der Waals surface area contributed by atoms with Crippen LogP contribution in [0.25, 0.3) is 17.2 Å². The van der Waals surface area contributed by atoms with E-state index in [9.17, 15) is 9.59 Å². The Labute approximate surface area is 221 Å². The van der Waals surface area contributed by atoms with E-state index in [0.717, 1.165) is 23.0 Å². The number of carbonyl (C=O) groups is 2. The molecule has 0 saturated carbocycles. The van der Waals surface area contributed by atoms with Crippen LogP contribution in [0.2, 0.25) is 0 Å². The minimum atomic E-state index is -0.668. The molecule has 0 unspecified atom stereocenters. The van der Waals surface area contributed by atoms with E-state index in [2.05, 4.69) is 29.6 Å². The fourth-order valence-electron chi connectivity index (χ4n) is 4.75. The second kappa shape index (κ2) is 9.93. The zero-order chi connectivity index (χ0) is 26.2. The summed E-state index contributed by atoms with van der Waals surface area (Å²) < 4.78 is 18.2. The van der Waals surface area contributed by atoms with Crippen molar-refractivity contribution in [2.24, 2.45) is 0 Å². The number of hydrogen-bond donors (Lipinski definition) is 1. The number of alkyl carbamates (subject to hydrolysis) is 1. The van der Waals surface area contributed by atoms with Gasteiger partial charge in [0.25, 0.3) is 0 Å². The average Bonchev–Trinajstić information content (AvgIpc) is 3.52. The summed E-state index contributed by atoms with van der Waals surface area (Å²) in [6.07, 6.45) is 2.15. The SMILES string of the molecule is CC1(C)OB(C(=Cc2cscc2C=O)CNC(=O)OCC2c3ccccc3-c3ccccc32)OC1(C)C. The van der Waals surface area contributed by atoms with Gasteiger partial charge in [0.2, 0.25) is 0 Å². The summed E-state index contributed by atoms with van der Waals surface area (Å²) in [6.45, 7) is 8.29. The first-order chi connectivity index (χ1) is 17.7. The lowest BCUT2D eigenvalue weighted by molar-refractivity contribution is 0.00578. The topological polar surface area (TPSA) is 73.9 Å². The van der Waals surface area contributed by atoms with Crippen molar-refractivity contribution in [3.8, 4) is 11.1 Å². The first-order valence-corrected chi connectivity index (χ1v) is 13.3. The molecule has 2 heterocycles. The van der Waals surface area contributed by atoms with Gasteiger partial charge in [0, 0.05) is 23.4 Å². The lowest BCUT2D eigenvalue weighted by Crippen LogP contribution is -2.41. The number of amides is 1. The Bertz CT molecular complexity index is 1300. The molecule has 1 saturated heterocycles. The molecule has 1 aromatic heterocycles. The largest absolute Gasteiger partial charge is 0.492 e. The summed E-state index contributed by atoms with van der Waals surface area (Å²) in [4.78, 5) is 24.3. The zero-order valence-electron chi connectivity index (χ0n) is 21.4. The van der Waals surface area contributed by atoms with Gasteiger partial charge in [-0.2, -0.15) is 11.3 Å². The van der Waals surface area contributed by atoms with Gasteiger partial charge in [0.05, 0.1) is 11.2 Å². The van der Waals surface area contributed by atoms with E-state index in [1.54, 1.807) is 5.38 Å². The Morgan fingerprint density at radius 2 is 1.54 bits per heavy atom. The Kier molecular flexibility index (Phi) is 6.83. The van der Waals surface area contributed by atoms with Crippen molar-refractivity contribution in [1.29, 1.82) is 0 Å². The van der Waals surface area contributed by atoms with Gasteiger partial charge in [-0.15, -0.1) is 0 Å². The highest BCUT2D eigenvalue weighted by Gasteiger charge is 2.52. The van der Waals surface area contributed by atoms with Crippen LogP contribution in [0.3, 0.4) is 0 Å². The quantitative estimate of drug-likeness (QED) is 0.304. The minimum Gasteiger partial charge on any atom is -0.449 e. The van der Waals surface area contributed by atoms with Gasteiger partial charge in [-0.05, 0) is 66.4 Å². The average molecular weight is 515 g/mol. The third-order valence-electron chi connectivity index (χ3n) is 7.53. The van der Waals surface area contributed by atoms with E-state index in [0.29, 0.717) is 11.0 Å². The van der Waals surface area contributed by atoms with E-state index < -0.39 is 24.4 Å². The molecular weight excluding hydrogens is 485 g/mol. The molecular formula is C29H30BNO5S. The Balaban J connectivity index is 1.30. The Hall–Kier alpha value is -3.20. The number of benzene rings is 2. The molecule has 8 heteroatoms. The molecule has 6 nitrogen and oxygen atoms in total. The molecule has 1 amide bonds. The molecule has 5 rings (SSSR count). The molecule has 2 aliphatic rings. The van der Waals surface area contributed by atoms with Crippen LogP contribution in [0.1, 0.15) is 60.7 Å². The highest BCUT2D eigenvalue weighted by Crippen LogP contribution is 2.44. The predicted octanol–water partition coefficient (Wildman–Crippen LogP) is 6.11. The van der Waals surface area contributed by atoms with E-state index in [-0.39, 0.29) is 19.1 Å². The zero-order valence-corrected chi connectivity index (χ0v) is 22.3. The molecule has 1 aliphatic carbocycles. The number of nitrogens with one attached hydrogen (secondary N) is 1. The van der Waals surface area contributed by atoms with Crippen molar-refractivity contribution in [2.75, 3.05) is 13.2 Å². The highest BCUT2D eigenvalue weighted by molar-refractivity contribution is 7.08. The van der Waals surface area contributed by atoms with Crippen LogP contribution in [0.5, 0.6) is 0 Å². The monoisotopic (exact) mass is 515 g/mol. The number of rotatable bonds is 7. The van der Waals surface area contributed by atoms with E-state index >= 15 is 0 Å². The molecule has 0 bridgehead atoms. The maximum atomic E-state index is 12.8. The minimum absolute atomic E-state index is 0.0165. The number of hydrogen-bond acceptors (Lipinski definition) is 6. The summed E-state index contributed by atoms with van der Waals surface area (Å²) in [5.74, 6) is -0.0165. The molecule has 2 aromatic carbocycles. The van der Waals surface area contributed by atoms with Crippen molar-refractivity contribution in [1.82, 2.24) is 5.32 Å². The number of thiophene rings is 1. The molecule has 3 aromatic rings. The summed E-state index contributed by atoms with van der Waals surface area (Å²) in [5.41, 5.74) is 5.65. The van der Waals surface area contributed by atoms with Gasteiger partial charge in [-0.3, -0.25) is 4.79 Å². The summed E-state index contributed by atoms with van der Waals surface area (Å²) >= 11 is 1.44. The van der Waals surface area contributed by atoms with E-state index in [4.69, 9.17) is 14.0 Å². The van der Waals surface area contributed by atoms with Crippen molar-refractivity contribution in [2.45, 2.75) is 44.8 Å². The molecule has 1 aliphatic heterocycles. The summed E-state index contributed by atoms with van der Waals surface area (Å²) in [6, 6.07) is 16.5. The van der Waals surface area contributed by atoms with Gasteiger partial charge in [-0.1, -0.05) is 54.6 Å². The van der Waals surface area contributed by atoms with Gasteiger partial charge < -0.3 is 19.4 Å². The maximum absolute atomic E-state index is 12.8. The Morgan fingerprint density at radius 1 is 0.973 bits per heavy atom. The normalized spacial score (nSPS) is 17.8. The second-order valence-corrected chi connectivity index (χ2v) is 11.1. The van der Waals surface area contributed by atoms with Crippen molar-refractivity contribution in [3.05, 3.63) is 87.0 Å². The predicted molar refractivity (Wildman–Crippen MR) is 147 cm³/mol. The van der Waals surface area contributed by atoms with E-state index in [1.807, 2.05) is 63.4 Å². The first kappa shape index (κ1) is 25.5. The van der Waals surface area contributed by atoms with Gasteiger partial charge in [-0.25, -0.2) is 4.79 Å². The molecule has 1 N–H and O–H groups in total. The number of carbonyl (C=O) groups excluding carboxylic acids is 2. The van der Waals surface area contributed by atoms with E-state index in [1.165, 1.54) is 22.5 Å². The highest BCUT2D eigenvalue weighted by atomic mass is 32.1. The van der Waals surface area contributed by atoms with Crippen molar-refractivity contribution >= 4 is 36.9 Å². The van der Waals surface area contributed by atoms with Crippen LogP contribution in [-0.4, -0.2) is 43.9 Å².